The first-order valence-electron chi connectivity index (χ1n) is 8.87. The Balaban J connectivity index is 2.07. The fourth-order valence-corrected chi connectivity index (χ4v) is 3.87. The van der Waals surface area contributed by atoms with Gasteiger partial charge in [0.2, 0.25) is 0 Å². The average Bonchev–Trinajstić information content (AvgIpc) is 2.72. The van der Waals surface area contributed by atoms with Gasteiger partial charge in [0.15, 0.2) is 0 Å². The third kappa shape index (κ3) is 4.09. The van der Waals surface area contributed by atoms with E-state index in [-0.39, 0.29) is 34.1 Å². The minimum Gasteiger partial charge on any atom is -0.353 e. The zero-order valence-corrected chi connectivity index (χ0v) is 18.0. The van der Waals surface area contributed by atoms with E-state index in [0.717, 1.165) is 4.31 Å². The predicted octanol–water partition coefficient (Wildman–Crippen LogP) is 2.81. The first-order valence-corrected chi connectivity index (χ1v) is 10.7. The highest BCUT2D eigenvalue weighted by atomic mass is 35.5. The van der Waals surface area contributed by atoms with Crippen LogP contribution in [-0.2, 0) is 17.3 Å². The van der Waals surface area contributed by atoms with Gasteiger partial charge in [-0.25, -0.2) is 4.98 Å². The number of benzene rings is 2. The Labute approximate surface area is 178 Å². The molecule has 0 bridgehead atoms. The molecule has 0 aliphatic rings. The maximum Gasteiger partial charge on any atom is 0.301 e. The first-order chi connectivity index (χ1) is 14.2. The van der Waals surface area contributed by atoms with Crippen LogP contribution in [0.1, 0.15) is 12.5 Å². The number of hydrogen-bond donors (Lipinski definition) is 2. The molecule has 1 heterocycles. The zero-order valence-electron chi connectivity index (χ0n) is 16.5. The van der Waals surface area contributed by atoms with Gasteiger partial charge < -0.3 is 9.88 Å². The van der Waals surface area contributed by atoms with Crippen molar-refractivity contribution in [3.05, 3.63) is 57.6 Å². The molecule has 0 fully saturated rings. The molecular weight excluding hydrogens is 428 g/mol. The van der Waals surface area contributed by atoms with Crippen LogP contribution >= 0.6 is 11.6 Å². The van der Waals surface area contributed by atoms with E-state index in [4.69, 9.17) is 11.6 Å². The van der Waals surface area contributed by atoms with Crippen LogP contribution in [0, 0.1) is 11.3 Å². The first kappa shape index (κ1) is 21.6. The van der Waals surface area contributed by atoms with Crippen molar-refractivity contribution >= 4 is 49.8 Å². The van der Waals surface area contributed by atoms with Crippen LogP contribution in [0.5, 0.6) is 0 Å². The lowest BCUT2D eigenvalue weighted by atomic mass is 10.1. The van der Waals surface area contributed by atoms with Crippen LogP contribution in [0.4, 0.5) is 17.1 Å². The standard InChI is InChI=1S/C19H19ClN6O3S/c1-4-26(3)30(28,29)24-17-8-6-15(20)18(14(17)10-21)23-12-5-7-16-13(9-12)19(27)25(2)11-22-16/h5-9,11,23-24H,4H2,1-3H3. The highest BCUT2D eigenvalue weighted by Gasteiger charge is 2.20. The summed E-state index contributed by atoms with van der Waals surface area (Å²) in [5.74, 6) is 0. The predicted molar refractivity (Wildman–Crippen MR) is 117 cm³/mol. The van der Waals surface area contributed by atoms with Gasteiger partial charge in [-0.15, -0.1) is 0 Å². The van der Waals surface area contributed by atoms with E-state index >= 15 is 0 Å². The molecule has 0 saturated carbocycles. The van der Waals surface area contributed by atoms with E-state index in [1.807, 2.05) is 6.07 Å². The van der Waals surface area contributed by atoms with E-state index in [0.29, 0.717) is 16.6 Å². The van der Waals surface area contributed by atoms with Gasteiger partial charge in [-0.1, -0.05) is 18.5 Å². The molecule has 0 radical (unpaired) electrons. The largest absolute Gasteiger partial charge is 0.353 e. The van der Waals surface area contributed by atoms with Crippen LogP contribution in [0.2, 0.25) is 5.02 Å². The number of nitriles is 1. The molecule has 0 atom stereocenters. The Bertz CT molecular complexity index is 1330. The molecule has 30 heavy (non-hydrogen) atoms. The van der Waals surface area contributed by atoms with Crippen molar-refractivity contribution in [2.45, 2.75) is 6.92 Å². The third-order valence-electron chi connectivity index (χ3n) is 4.55. The maximum absolute atomic E-state index is 12.4. The van der Waals surface area contributed by atoms with E-state index in [9.17, 15) is 18.5 Å². The van der Waals surface area contributed by atoms with Gasteiger partial charge in [-0.05, 0) is 30.3 Å². The molecule has 0 saturated heterocycles. The van der Waals surface area contributed by atoms with Crippen molar-refractivity contribution in [3.8, 4) is 6.07 Å². The SMILES string of the molecule is CCN(C)S(=O)(=O)Nc1ccc(Cl)c(Nc2ccc3ncn(C)c(=O)c3c2)c1C#N. The van der Waals surface area contributed by atoms with Gasteiger partial charge in [-0.3, -0.25) is 9.52 Å². The Kier molecular flexibility index (Phi) is 5.98. The molecular formula is C19H19ClN6O3S. The lowest BCUT2D eigenvalue weighted by Gasteiger charge is -2.19. The molecule has 11 heteroatoms. The molecule has 3 aromatic rings. The van der Waals surface area contributed by atoms with Gasteiger partial charge in [0.1, 0.15) is 11.6 Å². The topological polar surface area (TPSA) is 120 Å². The summed E-state index contributed by atoms with van der Waals surface area (Å²) in [5.41, 5.74) is 1.13. The van der Waals surface area contributed by atoms with Crippen LogP contribution in [0.25, 0.3) is 10.9 Å². The van der Waals surface area contributed by atoms with E-state index in [1.165, 1.54) is 30.1 Å². The molecule has 0 aliphatic carbocycles. The molecule has 0 amide bonds. The number of aromatic nitrogens is 2. The van der Waals surface area contributed by atoms with Crippen LogP contribution < -0.4 is 15.6 Å². The smallest absolute Gasteiger partial charge is 0.301 e. The number of fused-ring (bicyclic) bond motifs is 1. The summed E-state index contributed by atoms with van der Waals surface area (Å²) >= 11 is 6.29. The Morgan fingerprint density at radius 2 is 2.03 bits per heavy atom. The van der Waals surface area contributed by atoms with Gasteiger partial charge in [-0.2, -0.15) is 18.0 Å². The highest BCUT2D eigenvalue weighted by Crippen LogP contribution is 2.34. The summed E-state index contributed by atoms with van der Waals surface area (Å²) in [6.45, 7) is 1.95. The van der Waals surface area contributed by atoms with Crippen molar-refractivity contribution in [2.24, 2.45) is 7.05 Å². The van der Waals surface area contributed by atoms with Crippen molar-refractivity contribution in [3.63, 3.8) is 0 Å². The second-order valence-corrected chi connectivity index (χ2v) is 8.68. The summed E-state index contributed by atoms with van der Waals surface area (Å²) in [6, 6.07) is 9.86. The van der Waals surface area contributed by atoms with Crippen molar-refractivity contribution in [1.82, 2.24) is 13.9 Å². The molecule has 2 N–H and O–H groups in total. The molecule has 9 nitrogen and oxygen atoms in total. The summed E-state index contributed by atoms with van der Waals surface area (Å²) < 4.78 is 29.6. The molecule has 3 rings (SSSR count). The number of aryl methyl sites for hydroxylation is 1. The van der Waals surface area contributed by atoms with Crippen LogP contribution in [-0.4, -0.2) is 35.9 Å². The average molecular weight is 447 g/mol. The molecule has 0 unspecified atom stereocenters. The summed E-state index contributed by atoms with van der Waals surface area (Å²) in [6.07, 6.45) is 1.44. The van der Waals surface area contributed by atoms with Gasteiger partial charge >= 0.3 is 10.2 Å². The fraction of sp³-hybridized carbons (Fsp3) is 0.211. The number of nitrogens with one attached hydrogen (secondary N) is 2. The number of nitrogens with zero attached hydrogens (tertiary/aromatic N) is 4. The Morgan fingerprint density at radius 1 is 1.30 bits per heavy atom. The number of anilines is 3. The number of hydrogen-bond acceptors (Lipinski definition) is 6. The van der Waals surface area contributed by atoms with Crippen molar-refractivity contribution < 1.29 is 8.42 Å². The van der Waals surface area contributed by atoms with Gasteiger partial charge in [0, 0.05) is 26.3 Å². The highest BCUT2D eigenvalue weighted by molar-refractivity contribution is 7.90. The second-order valence-electron chi connectivity index (χ2n) is 6.50. The third-order valence-corrected chi connectivity index (χ3v) is 6.42. The lowest BCUT2D eigenvalue weighted by Crippen LogP contribution is -2.32. The fourth-order valence-electron chi connectivity index (χ4n) is 2.72. The zero-order chi connectivity index (χ0) is 22.1. The number of rotatable bonds is 6. The van der Waals surface area contributed by atoms with E-state index in [1.54, 1.807) is 32.2 Å². The maximum atomic E-state index is 12.4. The lowest BCUT2D eigenvalue weighted by molar-refractivity contribution is 0.491. The number of halogens is 1. The minimum atomic E-state index is -3.83. The molecule has 2 aromatic carbocycles. The molecule has 0 aliphatic heterocycles. The van der Waals surface area contributed by atoms with Gasteiger partial charge in [0.05, 0.1) is 33.6 Å². The minimum absolute atomic E-state index is 0.0229. The van der Waals surface area contributed by atoms with E-state index in [2.05, 4.69) is 15.0 Å². The Hall–Kier alpha value is -3.13. The Morgan fingerprint density at radius 3 is 2.70 bits per heavy atom. The normalized spacial score (nSPS) is 11.5. The molecule has 156 valence electrons. The molecule has 0 spiro atoms. The second kappa shape index (κ2) is 8.31. The molecule has 1 aromatic heterocycles. The van der Waals surface area contributed by atoms with Crippen molar-refractivity contribution in [1.29, 1.82) is 5.26 Å². The van der Waals surface area contributed by atoms with Gasteiger partial charge in [0.25, 0.3) is 5.56 Å². The summed E-state index contributed by atoms with van der Waals surface area (Å²) in [4.78, 5) is 16.6. The van der Waals surface area contributed by atoms with Crippen LogP contribution in [0.3, 0.4) is 0 Å². The summed E-state index contributed by atoms with van der Waals surface area (Å²) in [7, 11) is -0.805. The summed E-state index contributed by atoms with van der Waals surface area (Å²) in [5, 5.41) is 13.3. The quantitative estimate of drug-likeness (QED) is 0.600. The van der Waals surface area contributed by atoms with E-state index < -0.39 is 10.2 Å². The van der Waals surface area contributed by atoms with Crippen LogP contribution in [0.15, 0.2) is 41.5 Å². The monoisotopic (exact) mass is 446 g/mol. The van der Waals surface area contributed by atoms with Crippen molar-refractivity contribution in [2.75, 3.05) is 23.6 Å².